The van der Waals surface area contributed by atoms with Gasteiger partial charge in [0.05, 0.1) is 13.2 Å². The molecule has 2 aromatic rings. The number of nitrogens with two attached hydrogens (primary N) is 1. The third kappa shape index (κ3) is 7.74. The molecule has 3 heterocycles. The number of aliphatic hydroxyl groups excluding tert-OH is 1. The largest absolute Gasteiger partial charge is 0.491 e. The fourth-order valence-corrected chi connectivity index (χ4v) is 4.16. The summed E-state index contributed by atoms with van der Waals surface area (Å²) in [6.07, 6.45) is 1.40. The molecule has 10 nitrogen and oxygen atoms in total. The van der Waals surface area contributed by atoms with Crippen LogP contribution in [0.25, 0.3) is 11.4 Å². The maximum absolute atomic E-state index is 9.96. The monoisotopic (exact) mass is 488 g/mol. The number of aliphatic hydroxyl groups is 1. The fraction of sp³-hybridized carbons (Fsp3) is 0.600. The van der Waals surface area contributed by atoms with Crippen molar-refractivity contribution >= 4 is 11.6 Å². The van der Waals surface area contributed by atoms with Crippen LogP contribution in [0.15, 0.2) is 30.3 Å². The van der Waals surface area contributed by atoms with Crippen molar-refractivity contribution in [1.82, 2.24) is 15.3 Å². The summed E-state index contributed by atoms with van der Waals surface area (Å²) in [5.74, 6) is 3.16. The number of hydrogen-bond acceptors (Lipinski definition) is 10. The summed E-state index contributed by atoms with van der Waals surface area (Å²) >= 11 is 0. The van der Waals surface area contributed by atoms with Crippen molar-refractivity contribution in [2.24, 2.45) is 5.73 Å². The molecule has 194 valence electrons. The van der Waals surface area contributed by atoms with E-state index in [2.05, 4.69) is 34.0 Å². The van der Waals surface area contributed by atoms with E-state index in [4.69, 9.17) is 24.2 Å². The van der Waals surface area contributed by atoms with Gasteiger partial charge in [0.1, 0.15) is 30.1 Å². The van der Waals surface area contributed by atoms with Crippen LogP contribution < -0.4 is 25.6 Å². The van der Waals surface area contributed by atoms with Gasteiger partial charge < -0.3 is 40.2 Å². The molecule has 35 heavy (non-hydrogen) atoms. The first-order valence-electron chi connectivity index (χ1n) is 12.3. The Hall–Kier alpha value is -2.50. The summed E-state index contributed by atoms with van der Waals surface area (Å²) in [4.78, 5) is 14.4. The Bertz CT molecular complexity index is 890. The zero-order valence-electron chi connectivity index (χ0n) is 21.2. The zero-order valence-corrected chi connectivity index (χ0v) is 21.2. The van der Waals surface area contributed by atoms with E-state index in [1.165, 1.54) is 7.05 Å². The van der Waals surface area contributed by atoms with E-state index in [0.29, 0.717) is 37.4 Å². The third-order valence-corrected chi connectivity index (χ3v) is 6.11. The summed E-state index contributed by atoms with van der Waals surface area (Å²) in [6.45, 7) is 5.27. The van der Waals surface area contributed by atoms with Crippen LogP contribution in [0.3, 0.4) is 0 Å². The van der Waals surface area contributed by atoms with Gasteiger partial charge in [0.2, 0.25) is 0 Å². The molecular formula is C25H40N6O4. The maximum atomic E-state index is 9.96. The second kappa shape index (κ2) is 14.2. The van der Waals surface area contributed by atoms with Gasteiger partial charge in [0.15, 0.2) is 5.82 Å². The van der Waals surface area contributed by atoms with E-state index in [0.717, 1.165) is 56.3 Å². The topological polar surface area (TPSA) is 118 Å². The minimum atomic E-state index is -0.570. The van der Waals surface area contributed by atoms with Gasteiger partial charge in [-0.05, 0) is 39.1 Å². The molecule has 4 N–H and O–H groups in total. The number of nitrogens with one attached hydrogen (secondary N) is 1. The average molecular weight is 489 g/mol. The fourth-order valence-electron chi connectivity index (χ4n) is 4.16. The lowest BCUT2D eigenvalue weighted by Crippen LogP contribution is -2.39. The molecule has 1 unspecified atom stereocenters. The molecule has 0 amide bonds. The first kappa shape index (κ1) is 27.1. The number of ether oxygens (including phenoxy) is 3. The van der Waals surface area contributed by atoms with E-state index in [-0.39, 0.29) is 6.61 Å². The Morgan fingerprint density at radius 1 is 1.14 bits per heavy atom. The number of morpholine rings is 1. The lowest BCUT2D eigenvalue weighted by Gasteiger charge is -2.33. The molecule has 2 aliphatic heterocycles. The SMILES string of the molecule is CN.CNCC(O)COc1cccc(-c2nc(N3CCOCC3)cc(N(C)C3CCOCC3)n2)c1. The lowest BCUT2D eigenvalue weighted by atomic mass is 10.1. The Kier molecular flexibility index (Phi) is 11.0. The molecule has 1 aromatic carbocycles. The van der Waals surface area contributed by atoms with E-state index in [9.17, 15) is 5.11 Å². The Labute approximate surface area is 208 Å². The quantitative estimate of drug-likeness (QED) is 0.474. The summed E-state index contributed by atoms with van der Waals surface area (Å²) in [7, 11) is 5.41. The van der Waals surface area contributed by atoms with Crippen molar-refractivity contribution in [1.29, 1.82) is 0 Å². The van der Waals surface area contributed by atoms with Crippen LogP contribution in [0.4, 0.5) is 11.6 Å². The molecule has 0 bridgehead atoms. The average Bonchev–Trinajstić information content (AvgIpc) is 2.93. The van der Waals surface area contributed by atoms with Gasteiger partial charge in [-0.15, -0.1) is 0 Å². The van der Waals surface area contributed by atoms with E-state index in [1.807, 2.05) is 24.3 Å². The molecule has 10 heteroatoms. The van der Waals surface area contributed by atoms with Crippen molar-refractivity contribution in [3.05, 3.63) is 30.3 Å². The van der Waals surface area contributed by atoms with Gasteiger partial charge in [-0.1, -0.05) is 12.1 Å². The summed E-state index contributed by atoms with van der Waals surface area (Å²) in [5, 5.41) is 12.9. The number of hydrogen-bond donors (Lipinski definition) is 3. The van der Waals surface area contributed by atoms with E-state index < -0.39 is 6.10 Å². The number of aromatic nitrogens is 2. The Morgan fingerprint density at radius 2 is 1.86 bits per heavy atom. The number of benzene rings is 1. The smallest absolute Gasteiger partial charge is 0.163 e. The molecule has 0 saturated carbocycles. The van der Waals surface area contributed by atoms with Crippen LogP contribution in [0.2, 0.25) is 0 Å². The Balaban J connectivity index is 0.00000167. The molecule has 4 rings (SSSR count). The highest BCUT2D eigenvalue weighted by Gasteiger charge is 2.23. The van der Waals surface area contributed by atoms with Gasteiger partial charge in [0, 0.05) is 57.6 Å². The van der Waals surface area contributed by atoms with Gasteiger partial charge >= 0.3 is 0 Å². The minimum Gasteiger partial charge on any atom is -0.491 e. The summed E-state index contributed by atoms with van der Waals surface area (Å²) in [6, 6.07) is 10.2. The van der Waals surface area contributed by atoms with Crippen LogP contribution in [0.5, 0.6) is 5.75 Å². The summed E-state index contributed by atoms with van der Waals surface area (Å²) < 4.78 is 16.9. The van der Waals surface area contributed by atoms with E-state index >= 15 is 0 Å². The molecule has 1 aromatic heterocycles. The normalized spacial score (nSPS) is 17.3. The molecule has 0 radical (unpaired) electrons. The third-order valence-electron chi connectivity index (χ3n) is 6.11. The molecule has 1 atom stereocenters. The van der Waals surface area contributed by atoms with Crippen molar-refractivity contribution in [2.75, 3.05) is 83.6 Å². The van der Waals surface area contributed by atoms with Crippen LogP contribution in [0.1, 0.15) is 12.8 Å². The Morgan fingerprint density at radius 3 is 2.57 bits per heavy atom. The van der Waals surface area contributed by atoms with Crippen molar-refractivity contribution in [3.8, 4) is 17.1 Å². The highest BCUT2D eigenvalue weighted by molar-refractivity contribution is 5.64. The van der Waals surface area contributed by atoms with Gasteiger partial charge in [-0.3, -0.25) is 0 Å². The second-order valence-corrected chi connectivity index (χ2v) is 8.51. The summed E-state index contributed by atoms with van der Waals surface area (Å²) in [5.41, 5.74) is 5.38. The van der Waals surface area contributed by atoms with Crippen molar-refractivity contribution in [3.63, 3.8) is 0 Å². The molecule has 2 aliphatic rings. The van der Waals surface area contributed by atoms with Crippen LogP contribution in [-0.2, 0) is 9.47 Å². The van der Waals surface area contributed by atoms with Gasteiger partial charge in [-0.2, -0.15) is 0 Å². The maximum Gasteiger partial charge on any atom is 0.163 e. The predicted molar refractivity (Wildman–Crippen MR) is 138 cm³/mol. The predicted octanol–water partition coefficient (Wildman–Crippen LogP) is 1.13. The molecule has 0 spiro atoms. The van der Waals surface area contributed by atoms with Crippen molar-refractivity contribution < 1.29 is 19.3 Å². The number of nitrogens with zero attached hydrogens (tertiary/aromatic N) is 4. The number of anilines is 2. The van der Waals surface area contributed by atoms with E-state index in [1.54, 1.807) is 7.05 Å². The zero-order chi connectivity index (χ0) is 25.0. The highest BCUT2D eigenvalue weighted by atomic mass is 16.5. The lowest BCUT2D eigenvalue weighted by molar-refractivity contribution is 0.0853. The first-order valence-corrected chi connectivity index (χ1v) is 12.3. The molecule has 0 aliphatic carbocycles. The van der Waals surface area contributed by atoms with Crippen LogP contribution in [-0.4, -0.2) is 101 Å². The molecular weight excluding hydrogens is 448 g/mol. The van der Waals surface area contributed by atoms with Crippen molar-refractivity contribution in [2.45, 2.75) is 25.0 Å². The number of rotatable bonds is 9. The van der Waals surface area contributed by atoms with Crippen LogP contribution >= 0.6 is 0 Å². The molecule has 2 saturated heterocycles. The van der Waals surface area contributed by atoms with Gasteiger partial charge in [-0.25, -0.2) is 9.97 Å². The van der Waals surface area contributed by atoms with Gasteiger partial charge in [0.25, 0.3) is 0 Å². The number of likely N-dealkylation sites (N-methyl/N-ethyl adjacent to an activating group) is 1. The highest BCUT2D eigenvalue weighted by Crippen LogP contribution is 2.29. The standard InChI is InChI=1S/C24H35N5O4.CH5N/c1-25-16-20(30)17-33-21-5-3-4-18(14-21)24-26-22(28(2)19-6-10-31-11-7-19)15-23(27-24)29-8-12-32-13-9-29;1-2/h3-5,14-15,19-20,25,30H,6-13,16-17H2,1-2H3;2H2,1H3. The first-order chi connectivity index (χ1) is 17.1. The molecule has 2 fully saturated rings. The second-order valence-electron chi connectivity index (χ2n) is 8.51. The van der Waals surface area contributed by atoms with Crippen LogP contribution in [0, 0.1) is 0 Å². The minimum absolute atomic E-state index is 0.219.